The highest BCUT2D eigenvalue weighted by molar-refractivity contribution is 6.14. The number of piperidine rings is 1. The van der Waals surface area contributed by atoms with Gasteiger partial charge in [0, 0.05) is 18.0 Å². The Hall–Kier alpha value is -3.80. The first-order valence-electron chi connectivity index (χ1n) is 14.4. The summed E-state index contributed by atoms with van der Waals surface area (Å²) in [5, 5.41) is 5.81. The van der Waals surface area contributed by atoms with Gasteiger partial charge in [0.15, 0.2) is 5.78 Å². The summed E-state index contributed by atoms with van der Waals surface area (Å²) in [5.74, 6) is -0.932. The molecule has 3 N–H and O–H groups in total. The number of Topliss-reactive ketones (excluding diaryl/α,β-unsaturated/α-hetero) is 1. The highest BCUT2D eigenvalue weighted by atomic mass is 16.2. The molecule has 0 radical (unpaired) electrons. The molecule has 2 fully saturated rings. The van der Waals surface area contributed by atoms with Gasteiger partial charge >= 0.3 is 0 Å². The summed E-state index contributed by atoms with van der Waals surface area (Å²) in [7, 11) is 0. The molecule has 0 aliphatic carbocycles. The van der Waals surface area contributed by atoms with Crippen LogP contribution in [0.15, 0.2) is 103 Å². The summed E-state index contributed by atoms with van der Waals surface area (Å²) in [5.41, 5.74) is 7.28. The van der Waals surface area contributed by atoms with Crippen molar-refractivity contribution in [3.8, 4) is 0 Å². The van der Waals surface area contributed by atoms with E-state index in [4.69, 9.17) is 5.73 Å². The maximum atomic E-state index is 14.7. The molecule has 0 saturated carbocycles. The van der Waals surface area contributed by atoms with Gasteiger partial charge in [0.1, 0.15) is 5.41 Å². The zero-order chi connectivity index (χ0) is 27.7. The molecular formula is C35H37N3O2. The van der Waals surface area contributed by atoms with Crippen LogP contribution in [0.3, 0.4) is 0 Å². The number of hydrogen-bond acceptors (Lipinski definition) is 4. The first-order valence-corrected chi connectivity index (χ1v) is 14.4. The highest BCUT2D eigenvalue weighted by Gasteiger charge is 2.66. The van der Waals surface area contributed by atoms with Crippen molar-refractivity contribution >= 4 is 22.5 Å². The molecule has 0 bridgehead atoms. The molecular weight excluding hydrogens is 494 g/mol. The summed E-state index contributed by atoms with van der Waals surface area (Å²) >= 11 is 0. The molecule has 40 heavy (non-hydrogen) atoms. The van der Waals surface area contributed by atoms with Crippen LogP contribution in [-0.4, -0.2) is 41.8 Å². The molecule has 5 heteroatoms. The Bertz CT molecular complexity index is 1520. The fraction of sp³-hybridized carbons (Fsp3) is 0.314. The normalized spacial score (nSPS) is 27.2. The van der Waals surface area contributed by atoms with Gasteiger partial charge in [0.2, 0.25) is 5.91 Å². The molecule has 5 nitrogen and oxygen atoms in total. The second-order valence-corrected chi connectivity index (χ2v) is 11.4. The third-order valence-corrected chi connectivity index (χ3v) is 9.57. The zero-order valence-electron chi connectivity index (χ0n) is 23.1. The number of carbonyl (C=O) groups excluding carboxylic acids is 2. The van der Waals surface area contributed by atoms with Crippen molar-refractivity contribution in [2.75, 3.05) is 19.6 Å². The lowest BCUT2D eigenvalue weighted by Crippen LogP contribution is -2.72. The number of likely N-dealkylation sites (tertiary alicyclic amines) is 1. The van der Waals surface area contributed by atoms with Crippen LogP contribution in [0.5, 0.6) is 0 Å². The van der Waals surface area contributed by atoms with Crippen LogP contribution >= 0.6 is 0 Å². The molecule has 0 aromatic heterocycles. The topological polar surface area (TPSA) is 75.4 Å². The van der Waals surface area contributed by atoms with E-state index >= 15 is 0 Å². The lowest BCUT2D eigenvalue weighted by Gasteiger charge is -2.60. The van der Waals surface area contributed by atoms with E-state index in [2.05, 4.69) is 59.6 Å². The number of amides is 1. The number of fused-ring (bicyclic) bond motifs is 1. The molecule has 4 aromatic carbocycles. The lowest BCUT2D eigenvalue weighted by atomic mass is 9.51. The van der Waals surface area contributed by atoms with E-state index < -0.39 is 22.8 Å². The average Bonchev–Trinajstić information content (AvgIpc) is 3.53. The SMILES string of the molecule is CCC1(C2CCNC2)C(c2ccc3ccccc3c2)C(C(N)=O)(c2ccccc2)C(=O)CN1Cc1ccccc1. The van der Waals surface area contributed by atoms with Crippen LogP contribution in [0.4, 0.5) is 0 Å². The van der Waals surface area contributed by atoms with Gasteiger partial charge in [0.05, 0.1) is 6.54 Å². The fourth-order valence-corrected chi connectivity index (χ4v) is 7.84. The number of nitrogens with one attached hydrogen (secondary N) is 1. The van der Waals surface area contributed by atoms with Crippen LogP contribution in [0.25, 0.3) is 10.8 Å². The number of nitrogens with zero attached hydrogens (tertiary/aromatic N) is 1. The molecule has 2 heterocycles. The van der Waals surface area contributed by atoms with Crippen LogP contribution in [-0.2, 0) is 21.5 Å². The Morgan fingerprint density at radius 2 is 1.60 bits per heavy atom. The van der Waals surface area contributed by atoms with Crippen molar-refractivity contribution < 1.29 is 9.59 Å². The molecule has 4 aromatic rings. The summed E-state index contributed by atoms with van der Waals surface area (Å²) in [6.45, 7) is 4.77. The number of nitrogens with two attached hydrogens (primary N) is 1. The van der Waals surface area contributed by atoms with Crippen LogP contribution in [0.1, 0.15) is 42.4 Å². The Morgan fingerprint density at radius 1 is 0.925 bits per heavy atom. The maximum absolute atomic E-state index is 14.7. The number of hydrogen-bond donors (Lipinski definition) is 2. The molecule has 6 rings (SSSR count). The Kier molecular flexibility index (Phi) is 7.03. The van der Waals surface area contributed by atoms with Gasteiger partial charge in [-0.2, -0.15) is 0 Å². The van der Waals surface area contributed by atoms with Crippen molar-refractivity contribution in [3.05, 3.63) is 120 Å². The van der Waals surface area contributed by atoms with Gasteiger partial charge in [0.25, 0.3) is 0 Å². The second-order valence-electron chi connectivity index (χ2n) is 11.4. The average molecular weight is 532 g/mol. The van der Waals surface area contributed by atoms with Crippen molar-refractivity contribution in [1.29, 1.82) is 0 Å². The third kappa shape index (κ3) is 4.07. The van der Waals surface area contributed by atoms with Gasteiger partial charge in [-0.25, -0.2) is 0 Å². The predicted molar refractivity (Wildman–Crippen MR) is 160 cm³/mol. The standard InChI is InChI=1S/C35H37N3O2/c1-2-34(30-19-20-37-22-30)32(28-18-17-26-13-9-10-14-27(26)21-28)35(33(36)40,29-15-7-4-8-16-29)31(39)24-38(34)23-25-11-5-3-6-12-25/h3-18,21,30,32,37H,2,19-20,22-24H2,1H3,(H2,36,40). The molecule has 0 spiro atoms. The van der Waals surface area contributed by atoms with Gasteiger partial charge in [-0.1, -0.05) is 110 Å². The Morgan fingerprint density at radius 3 is 2.25 bits per heavy atom. The van der Waals surface area contributed by atoms with Crippen molar-refractivity contribution in [1.82, 2.24) is 10.2 Å². The zero-order valence-corrected chi connectivity index (χ0v) is 23.1. The maximum Gasteiger partial charge on any atom is 0.236 e. The minimum Gasteiger partial charge on any atom is -0.368 e. The summed E-state index contributed by atoms with van der Waals surface area (Å²) < 4.78 is 0. The third-order valence-electron chi connectivity index (χ3n) is 9.57. The summed E-state index contributed by atoms with van der Waals surface area (Å²) in [6.07, 6.45) is 1.75. The number of carbonyl (C=O) groups is 2. The lowest BCUT2D eigenvalue weighted by molar-refractivity contribution is -0.151. The minimum atomic E-state index is -1.49. The van der Waals surface area contributed by atoms with Gasteiger partial charge in [-0.05, 0) is 59.3 Å². The Balaban J connectivity index is 1.67. The van der Waals surface area contributed by atoms with Crippen molar-refractivity contribution in [2.24, 2.45) is 11.7 Å². The van der Waals surface area contributed by atoms with Crippen LogP contribution < -0.4 is 11.1 Å². The van der Waals surface area contributed by atoms with E-state index in [0.29, 0.717) is 12.1 Å². The van der Waals surface area contributed by atoms with Gasteiger partial charge in [-0.15, -0.1) is 0 Å². The van der Waals surface area contributed by atoms with Crippen molar-refractivity contribution in [2.45, 2.75) is 43.2 Å². The molecule has 2 aliphatic rings. The molecule has 2 saturated heterocycles. The quantitative estimate of drug-likeness (QED) is 0.322. The number of ketones is 1. The van der Waals surface area contributed by atoms with E-state index in [-0.39, 0.29) is 18.2 Å². The number of benzene rings is 4. The number of primary amides is 1. The molecule has 4 atom stereocenters. The minimum absolute atomic E-state index is 0.129. The fourth-order valence-electron chi connectivity index (χ4n) is 7.84. The van der Waals surface area contributed by atoms with E-state index in [9.17, 15) is 9.59 Å². The molecule has 1 amide bonds. The monoisotopic (exact) mass is 531 g/mol. The largest absolute Gasteiger partial charge is 0.368 e. The van der Waals surface area contributed by atoms with E-state index in [0.717, 1.165) is 47.8 Å². The Labute approximate surface area is 236 Å². The summed E-state index contributed by atoms with van der Waals surface area (Å²) in [6, 6.07) is 34.6. The van der Waals surface area contributed by atoms with E-state index in [1.54, 1.807) is 0 Å². The first kappa shape index (κ1) is 26.4. The predicted octanol–water partition coefficient (Wildman–Crippen LogP) is 5.19. The number of rotatable bonds is 7. The summed E-state index contributed by atoms with van der Waals surface area (Å²) in [4.78, 5) is 31.0. The van der Waals surface area contributed by atoms with Crippen LogP contribution in [0, 0.1) is 5.92 Å². The van der Waals surface area contributed by atoms with E-state index in [1.165, 1.54) is 0 Å². The molecule has 204 valence electrons. The van der Waals surface area contributed by atoms with Crippen LogP contribution in [0.2, 0.25) is 0 Å². The molecule has 2 aliphatic heterocycles. The van der Waals surface area contributed by atoms with Gasteiger partial charge in [-0.3, -0.25) is 14.5 Å². The second kappa shape index (κ2) is 10.6. The highest BCUT2D eigenvalue weighted by Crippen LogP contribution is 2.57. The molecule has 4 unspecified atom stereocenters. The van der Waals surface area contributed by atoms with Crippen molar-refractivity contribution in [3.63, 3.8) is 0 Å². The van der Waals surface area contributed by atoms with Gasteiger partial charge < -0.3 is 11.1 Å². The van der Waals surface area contributed by atoms with E-state index in [1.807, 2.05) is 60.7 Å². The first-order chi connectivity index (χ1) is 19.5. The smallest absolute Gasteiger partial charge is 0.236 e.